The maximum atomic E-state index is 12.5. The van der Waals surface area contributed by atoms with Gasteiger partial charge in [0.25, 0.3) is 0 Å². The lowest BCUT2D eigenvalue weighted by Gasteiger charge is -2.31. The molecule has 1 aromatic carbocycles. The van der Waals surface area contributed by atoms with Crippen LogP contribution in [-0.2, 0) is 4.74 Å². The van der Waals surface area contributed by atoms with Crippen LogP contribution in [0.4, 0.5) is 10.5 Å². The Morgan fingerprint density at radius 2 is 1.86 bits per heavy atom. The zero-order valence-electron chi connectivity index (χ0n) is 21.3. The number of nitrogens with zero attached hydrogens (tertiary/aromatic N) is 3. The molecule has 0 atom stereocenters. The van der Waals surface area contributed by atoms with Gasteiger partial charge in [-0.3, -0.25) is 0 Å². The fraction of sp³-hybridized carbons (Fsp3) is 0.467. The summed E-state index contributed by atoms with van der Waals surface area (Å²) in [7, 11) is 0. The first-order valence-electron chi connectivity index (χ1n) is 13.8. The monoisotopic (exact) mass is 497 g/mol. The van der Waals surface area contributed by atoms with Gasteiger partial charge in [-0.05, 0) is 74.4 Å². The van der Waals surface area contributed by atoms with Crippen molar-refractivity contribution in [2.45, 2.75) is 63.5 Å². The largest absolute Gasteiger partial charge is 0.378 e. The van der Waals surface area contributed by atoms with E-state index in [0.29, 0.717) is 12.5 Å². The summed E-state index contributed by atoms with van der Waals surface area (Å²) in [5.74, 6) is 0. The van der Waals surface area contributed by atoms with Crippen LogP contribution >= 0.6 is 0 Å². The fourth-order valence-corrected chi connectivity index (χ4v) is 6.08. The predicted octanol–water partition coefficient (Wildman–Crippen LogP) is 5.54. The number of morpholine rings is 1. The van der Waals surface area contributed by atoms with E-state index in [1.54, 1.807) is 0 Å². The lowest BCUT2D eigenvalue weighted by atomic mass is 9.92. The number of allylic oxidation sites excluding steroid dienone is 5. The summed E-state index contributed by atoms with van der Waals surface area (Å²) < 4.78 is 7.96. The first-order chi connectivity index (χ1) is 18.2. The Bertz CT molecular complexity index is 1310. The number of anilines is 1. The second kappa shape index (κ2) is 10.5. The molecule has 2 saturated carbocycles. The second-order valence-electron chi connectivity index (χ2n) is 10.6. The molecule has 192 valence electrons. The first kappa shape index (κ1) is 23.9. The van der Waals surface area contributed by atoms with E-state index in [2.05, 4.69) is 56.5 Å². The van der Waals surface area contributed by atoms with Gasteiger partial charge in [-0.2, -0.15) is 5.26 Å². The van der Waals surface area contributed by atoms with Crippen LogP contribution < -0.4 is 15.5 Å². The molecule has 2 amide bonds. The van der Waals surface area contributed by atoms with Crippen molar-refractivity contribution in [3.8, 4) is 6.07 Å². The van der Waals surface area contributed by atoms with Crippen molar-refractivity contribution >= 4 is 28.2 Å². The molecule has 3 aliphatic carbocycles. The Morgan fingerprint density at radius 3 is 2.59 bits per heavy atom. The topological polar surface area (TPSA) is 82.3 Å². The molecule has 0 radical (unpaired) electrons. The lowest BCUT2D eigenvalue weighted by Crippen LogP contribution is -2.40. The lowest BCUT2D eigenvalue weighted by molar-refractivity contribution is 0.122. The van der Waals surface area contributed by atoms with E-state index in [4.69, 9.17) is 4.74 Å². The molecule has 0 spiro atoms. The highest BCUT2D eigenvalue weighted by molar-refractivity contribution is 5.95. The molecule has 1 saturated heterocycles. The molecule has 0 bridgehead atoms. The average molecular weight is 498 g/mol. The van der Waals surface area contributed by atoms with E-state index >= 15 is 0 Å². The number of carbonyl (C=O) groups is 1. The number of carbonyl (C=O) groups excluding carboxylic acids is 1. The summed E-state index contributed by atoms with van der Waals surface area (Å²) in [6.45, 7) is 3.21. The van der Waals surface area contributed by atoms with Crippen LogP contribution in [0.3, 0.4) is 0 Å². The van der Waals surface area contributed by atoms with Crippen molar-refractivity contribution in [3.63, 3.8) is 0 Å². The van der Waals surface area contributed by atoms with Crippen molar-refractivity contribution < 1.29 is 9.53 Å². The van der Waals surface area contributed by atoms with Crippen molar-refractivity contribution in [1.29, 1.82) is 5.26 Å². The SMILES string of the molecule is N#Cc1c(C2=CC=C(NC(=O)NC3CCCC3)C=CC2)n(C2CCC2)c2ccc(N3CCOCC3)cc12. The minimum absolute atomic E-state index is 0.142. The van der Waals surface area contributed by atoms with Gasteiger partial charge in [0.2, 0.25) is 0 Å². The van der Waals surface area contributed by atoms with Crippen LogP contribution in [0.1, 0.15) is 68.7 Å². The first-order valence-corrected chi connectivity index (χ1v) is 13.8. The molecule has 2 heterocycles. The maximum Gasteiger partial charge on any atom is 0.319 e. The normalized spacial score (nSPS) is 20.7. The second-order valence-corrected chi connectivity index (χ2v) is 10.6. The highest BCUT2D eigenvalue weighted by Crippen LogP contribution is 2.42. The summed E-state index contributed by atoms with van der Waals surface area (Å²) in [6.07, 6.45) is 16.8. The number of fused-ring (bicyclic) bond motifs is 1. The van der Waals surface area contributed by atoms with Gasteiger partial charge in [-0.25, -0.2) is 4.79 Å². The van der Waals surface area contributed by atoms with Crippen LogP contribution in [0.25, 0.3) is 16.5 Å². The van der Waals surface area contributed by atoms with Crippen LogP contribution in [-0.4, -0.2) is 42.9 Å². The molecule has 1 aromatic heterocycles. The zero-order valence-corrected chi connectivity index (χ0v) is 21.3. The number of benzene rings is 1. The van der Waals surface area contributed by atoms with Gasteiger partial charge in [0.05, 0.1) is 30.0 Å². The number of aromatic nitrogens is 1. The van der Waals surface area contributed by atoms with Crippen LogP contribution in [0.15, 0.2) is 48.2 Å². The molecule has 4 aliphatic rings. The number of hydrogen-bond donors (Lipinski definition) is 2. The van der Waals surface area contributed by atoms with Gasteiger partial charge in [0.1, 0.15) is 6.07 Å². The van der Waals surface area contributed by atoms with Gasteiger partial charge in [-0.15, -0.1) is 0 Å². The number of ether oxygens (including phenoxy) is 1. The van der Waals surface area contributed by atoms with E-state index in [0.717, 1.165) is 91.1 Å². The smallest absolute Gasteiger partial charge is 0.319 e. The molecule has 2 N–H and O–H groups in total. The molecule has 37 heavy (non-hydrogen) atoms. The van der Waals surface area contributed by atoms with E-state index in [-0.39, 0.29) is 12.1 Å². The molecule has 1 aliphatic heterocycles. The standard InChI is InChI=1S/C30H35N5O2/c31-20-27-26-19-25(34-15-17-37-18-16-34)13-14-28(26)35(24-9-4-10-24)29(27)21-5-3-8-23(12-11-21)33-30(36)32-22-6-1-2-7-22/h3,8,11-14,19,22,24H,1-2,4-7,9-10,15-18H2,(H2,32,33,36). The number of urea groups is 1. The summed E-state index contributed by atoms with van der Waals surface area (Å²) in [6, 6.07) is 9.71. The molecule has 0 unspecified atom stereocenters. The third-order valence-corrected chi connectivity index (χ3v) is 8.27. The van der Waals surface area contributed by atoms with E-state index in [1.165, 1.54) is 19.3 Å². The summed E-state index contributed by atoms with van der Waals surface area (Å²) >= 11 is 0. The molecular formula is C30H35N5O2. The Labute approximate surface area is 218 Å². The third kappa shape index (κ3) is 4.78. The molecule has 7 heteroatoms. The molecule has 7 nitrogen and oxygen atoms in total. The Balaban J connectivity index is 1.35. The molecular weight excluding hydrogens is 462 g/mol. The maximum absolute atomic E-state index is 12.5. The van der Waals surface area contributed by atoms with Crippen LogP contribution in [0.5, 0.6) is 0 Å². The van der Waals surface area contributed by atoms with Crippen molar-refractivity contribution in [2.75, 3.05) is 31.2 Å². The van der Waals surface area contributed by atoms with E-state index in [9.17, 15) is 10.1 Å². The van der Waals surface area contributed by atoms with Gasteiger partial charge in [0.15, 0.2) is 0 Å². The van der Waals surface area contributed by atoms with Gasteiger partial charge < -0.3 is 24.8 Å². The van der Waals surface area contributed by atoms with Crippen molar-refractivity contribution in [1.82, 2.24) is 15.2 Å². The van der Waals surface area contributed by atoms with Crippen LogP contribution in [0.2, 0.25) is 0 Å². The summed E-state index contributed by atoms with van der Waals surface area (Å²) in [5, 5.41) is 17.5. The number of nitrogens with one attached hydrogen (secondary N) is 2. The van der Waals surface area contributed by atoms with Gasteiger partial charge >= 0.3 is 6.03 Å². The third-order valence-electron chi connectivity index (χ3n) is 8.27. The highest BCUT2D eigenvalue weighted by atomic mass is 16.5. The quantitative estimate of drug-likeness (QED) is 0.568. The summed E-state index contributed by atoms with van der Waals surface area (Å²) in [5.41, 5.74) is 5.95. The average Bonchev–Trinajstić information content (AvgIpc) is 3.43. The van der Waals surface area contributed by atoms with Crippen LogP contribution in [0, 0.1) is 11.3 Å². The van der Waals surface area contributed by atoms with Crippen molar-refractivity contribution in [3.05, 3.63) is 59.5 Å². The predicted molar refractivity (Wildman–Crippen MR) is 146 cm³/mol. The minimum atomic E-state index is -0.142. The molecule has 2 aromatic rings. The number of nitriles is 1. The molecule has 3 fully saturated rings. The highest BCUT2D eigenvalue weighted by Gasteiger charge is 2.29. The molecule has 6 rings (SSSR count). The number of rotatable bonds is 5. The van der Waals surface area contributed by atoms with Gasteiger partial charge in [0, 0.05) is 41.9 Å². The Kier molecular flexibility index (Phi) is 6.75. The number of hydrogen-bond acceptors (Lipinski definition) is 4. The van der Waals surface area contributed by atoms with Gasteiger partial charge in [-0.1, -0.05) is 25.0 Å². The van der Waals surface area contributed by atoms with E-state index in [1.807, 2.05) is 12.2 Å². The van der Waals surface area contributed by atoms with E-state index < -0.39 is 0 Å². The minimum Gasteiger partial charge on any atom is -0.378 e. The van der Waals surface area contributed by atoms with Crippen molar-refractivity contribution in [2.24, 2.45) is 0 Å². The Hall–Kier alpha value is -3.50. The summed E-state index contributed by atoms with van der Waals surface area (Å²) in [4.78, 5) is 14.9. The number of amides is 2. The Morgan fingerprint density at radius 1 is 1.05 bits per heavy atom. The fourth-order valence-electron chi connectivity index (χ4n) is 6.08. The zero-order chi connectivity index (χ0) is 25.2.